The van der Waals surface area contributed by atoms with Gasteiger partial charge in [0.25, 0.3) is 0 Å². The number of anilines is 1. The number of aliphatic imine (C=N–C) groups is 1. The zero-order valence-corrected chi connectivity index (χ0v) is 10.6. The molecule has 98 valence electrons. The number of rotatable bonds is 2. The molecule has 0 fully saturated rings. The maximum absolute atomic E-state index is 12.5. The van der Waals surface area contributed by atoms with Gasteiger partial charge in [0.2, 0.25) is 0 Å². The van der Waals surface area contributed by atoms with Gasteiger partial charge in [-0.2, -0.15) is 13.2 Å². The van der Waals surface area contributed by atoms with Crippen LogP contribution >= 0.6 is 23.4 Å². The fourth-order valence-electron chi connectivity index (χ4n) is 1.33. The summed E-state index contributed by atoms with van der Waals surface area (Å²) in [6.45, 7) is 0.699. The molecule has 1 aromatic rings. The van der Waals surface area contributed by atoms with Crippen molar-refractivity contribution in [1.29, 1.82) is 0 Å². The highest BCUT2D eigenvalue weighted by Crippen LogP contribution is 2.33. The van der Waals surface area contributed by atoms with Crippen LogP contribution in [0, 0.1) is 0 Å². The standard InChI is InChI=1S/C10H9ClF3N3S/c11-7-2-1-6(10(12,13)14)5-8(7)16-17-9-15-3-4-18-9/h1-2,5,16H,3-4H2,(H,15,17). The van der Waals surface area contributed by atoms with Crippen LogP contribution in [0.4, 0.5) is 18.9 Å². The van der Waals surface area contributed by atoms with E-state index >= 15 is 0 Å². The minimum Gasteiger partial charge on any atom is -0.298 e. The van der Waals surface area contributed by atoms with Crippen molar-refractivity contribution in [3.8, 4) is 0 Å². The molecule has 3 nitrogen and oxygen atoms in total. The van der Waals surface area contributed by atoms with Crippen molar-refractivity contribution in [2.75, 3.05) is 17.7 Å². The topological polar surface area (TPSA) is 36.4 Å². The third kappa shape index (κ3) is 3.23. The fourth-order valence-corrected chi connectivity index (χ4v) is 2.18. The van der Waals surface area contributed by atoms with Crippen molar-refractivity contribution in [2.24, 2.45) is 4.99 Å². The van der Waals surface area contributed by atoms with Gasteiger partial charge in [0, 0.05) is 5.75 Å². The third-order valence-corrected chi connectivity index (χ3v) is 3.40. The lowest BCUT2D eigenvalue weighted by atomic mass is 10.2. The summed E-state index contributed by atoms with van der Waals surface area (Å²) in [5, 5.41) is 0.850. The Morgan fingerprint density at radius 2 is 2.06 bits per heavy atom. The monoisotopic (exact) mass is 295 g/mol. The highest BCUT2D eigenvalue weighted by molar-refractivity contribution is 8.14. The fraction of sp³-hybridized carbons (Fsp3) is 0.300. The molecule has 0 radical (unpaired) electrons. The summed E-state index contributed by atoms with van der Waals surface area (Å²) in [4.78, 5) is 4.09. The van der Waals surface area contributed by atoms with Crippen LogP contribution in [0.25, 0.3) is 0 Å². The van der Waals surface area contributed by atoms with Crippen LogP contribution in [0.2, 0.25) is 5.02 Å². The number of amidine groups is 1. The lowest BCUT2D eigenvalue weighted by Crippen LogP contribution is -2.26. The van der Waals surface area contributed by atoms with Gasteiger partial charge >= 0.3 is 6.18 Å². The van der Waals surface area contributed by atoms with E-state index in [1.807, 2.05) is 0 Å². The van der Waals surface area contributed by atoms with E-state index < -0.39 is 11.7 Å². The van der Waals surface area contributed by atoms with Crippen LogP contribution in [-0.2, 0) is 6.18 Å². The van der Waals surface area contributed by atoms with Crippen molar-refractivity contribution in [1.82, 2.24) is 5.43 Å². The molecule has 0 atom stereocenters. The van der Waals surface area contributed by atoms with Gasteiger partial charge in [-0.25, -0.2) is 0 Å². The maximum Gasteiger partial charge on any atom is 0.416 e. The number of benzene rings is 1. The molecular weight excluding hydrogens is 287 g/mol. The highest BCUT2D eigenvalue weighted by atomic mass is 35.5. The second kappa shape index (κ2) is 5.27. The molecule has 0 amide bonds. The second-order valence-corrected chi connectivity index (χ2v) is 4.97. The molecule has 0 bridgehead atoms. The van der Waals surface area contributed by atoms with E-state index in [0.29, 0.717) is 11.7 Å². The minimum absolute atomic E-state index is 0.168. The Balaban J connectivity index is 2.11. The maximum atomic E-state index is 12.5. The molecule has 0 saturated carbocycles. The van der Waals surface area contributed by atoms with Crippen molar-refractivity contribution >= 4 is 34.2 Å². The Bertz CT molecular complexity index is 476. The van der Waals surface area contributed by atoms with Crippen LogP contribution in [0.15, 0.2) is 23.2 Å². The van der Waals surface area contributed by atoms with Crippen molar-refractivity contribution < 1.29 is 13.2 Å². The zero-order chi connectivity index (χ0) is 13.2. The molecule has 8 heteroatoms. The van der Waals surface area contributed by atoms with E-state index in [1.54, 1.807) is 0 Å². The van der Waals surface area contributed by atoms with E-state index in [-0.39, 0.29) is 10.7 Å². The average molecular weight is 296 g/mol. The number of hydrogen-bond donors (Lipinski definition) is 2. The summed E-state index contributed by atoms with van der Waals surface area (Å²) in [6, 6.07) is 3.10. The smallest absolute Gasteiger partial charge is 0.298 e. The zero-order valence-electron chi connectivity index (χ0n) is 9.01. The Labute approximate surface area is 111 Å². The van der Waals surface area contributed by atoms with Crippen LogP contribution < -0.4 is 10.9 Å². The number of nitrogens with one attached hydrogen (secondary N) is 2. The third-order valence-electron chi connectivity index (χ3n) is 2.18. The molecule has 1 aliphatic heterocycles. The van der Waals surface area contributed by atoms with Crippen molar-refractivity contribution in [3.05, 3.63) is 28.8 Å². The molecule has 1 heterocycles. The largest absolute Gasteiger partial charge is 0.416 e. The molecule has 0 aromatic heterocycles. The van der Waals surface area contributed by atoms with Gasteiger partial charge in [-0.15, -0.1) is 0 Å². The van der Waals surface area contributed by atoms with Crippen LogP contribution in [0.5, 0.6) is 0 Å². The first-order chi connectivity index (χ1) is 8.47. The molecule has 1 aromatic carbocycles. The predicted octanol–water partition coefficient (Wildman–Crippen LogP) is 3.38. The van der Waals surface area contributed by atoms with E-state index in [9.17, 15) is 13.2 Å². The van der Waals surface area contributed by atoms with Gasteiger partial charge < -0.3 is 0 Å². The number of halogens is 4. The number of thioether (sulfide) groups is 1. The van der Waals surface area contributed by atoms with Gasteiger partial charge in [-0.3, -0.25) is 15.8 Å². The molecule has 2 N–H and O–H groups in total. The van der Waals surface area contributed by atoms with Gasteiger partial charge in [0.15, 0.2) is 5.17 Å². The number of alkyl halides is 3. The predicted molar refractivity (Wildman–Crippen MR) is 68.0 cm³/mol. The van der Waals surface area contributed by atoms with Crippen LogP contribution in [-0.4, -0.2) is 17.5 Å². The van der Waals surface area contributed by atoms with E-state index in [2.05, 4.69) is 15.8 Å². The summed E-state index contributed by atoms with van der Waals surface area (Å²) in [6.07, 6.45) is -4.39. The molecule has 2 rings (SSSR count). The van der Waals surface area contributed by atoms with Gasteiger partial charge in [0.05, 0.1) is 22.8 Å². The number of hydrogen-bond acceptors (Lipinski definition) is 4. The lowest BCUT2D eigenvalue weighted by molar-refractivity contribution is -0.137. The normalized spacial score (nSPS) is 15.4. The highest BCUT2D eigenvalue weighted by Gasteiger charge is 2.31. The SMILES string of the molecule is FC(F)(F)c1ccc(Cl)c(NNC2=NCCS2)c1. The van der Waals surface area contributed by atoms with Gasteiger partial charge in [0.1, 0.15) is 0 Å². The first kappa shape index (κ1) is 13.4. The van der Waals surface area contributed by atoms with Crippen molar-refractivity contribution in [3.63, 3.8) is 0 Å². The van der Waals surface area contributed by atoms with Crippen molar-refractivity contribution in [2.45, 2.75) is 6.18 Å². The van der Waals surface area contributed by atoms with Crippen LogP contribution in [0.3, 0.4) is 0 Å². The first-order valence-electron chi connectivity index (χ1n) is 5.03. The average Bonchev–Trinajstić information content (AvgIpc) is 2.79. The first-order valence-corrected chi connectivity index (χ1v) is 6.39. The summed E-state index contributed by atoms with van der Waals surface area (Å²) >= 11 is 7.30. The number of nitrogens with zero attached hydrogens (tertiary/aromatic N) is 1. The molecule has 18 heavy (non-hydrogen) atoms. The molecular formula is C10H9ClF3N3S. The molecule has 0 aliphatic carbocycles. The Kier molecular flexibility index (Phi) is 3.91. The van der Waals surface area contributed by atoms with E-state index in [0.717, 1.165) is 17.9 Å². The summed E-state index contributed by atoms with van der Waals surface area (Å²) in [7, 11) is 0. The van der Waals surface area contributed by atoms with Gasteiger partial charge in [-0.1, -0.05) is 23.4 Å². The second-order valence-electron chi connectivity index (χ2n) is 3.48. The van der Waals surface area contributed by atoms with E-state index in [1.165, 1.54) is 17.8 Å². The Hall–Kier alpha value is -1.08. The summed E-state index contributed by atoms with van der Waals surface area (Å²) in [5.41, 5.74) is 4.78. The lowest BCUT2D eigenvalue weighted by Gasteiger charge is -2.13. The minimum atomic E-state index is -4.39. The molecule has 0 unspecified atom stereocenters. The number of hydrazine groups is 1. The molecule has 0 spiro atoms. The Morgan fingerprint density at radius 3 is 2.67 bits per heavy atom. The molecule has 1 aliphatic rings. The summed E-state index contributed by atoms with van der Waals surface area (Å²) in [5.74, 6) is 0.861. The van der Waals surface area contributed by atoms with E-state index in [4.69, 9.17) is 11.6 Å². The summed E-state index contributed by atoms with van der Waals surface area (Å²) < 4.78 is 37.6. The van der Waals surface area contributed by atoms with Crippen LogP contribution in [0.1, 0.15) is 5.56 Å². The Morgan fingerprint density at radius 1 is 1.28 bits per heavy atom. The quantitative estimate of drug-likeness (QED) is 0.821. The molecule has 0 saturated heterocycles. The van der Waals surface area contributed by atoms with Gasteiger partial charge in [-0.05, 0) is 18.2 Å².